The van der Waals surface area contributed by atoms with E-state index in [-0.39, 0.29) is 11.2 Å². The summed E-state index contributed by atoms with van der Waals surface area (Å²) < 4.78 is 0. The molecular weight excluding hydrogens is 212 g/mol. The summed E-state index contributed by atoms with van der Waals surface area (Å²) in [5.41, 5.74) is 1.16. The second kappa shape index (κ2) is 5.12. The molecule has 0 unspecified atom stereocenters. The van der Waals surface area contributed by atoms with Gasteiger partial charge in [-0.3, -0.25) is 4.79 Å². The van der Waals surface area contributed by atoms with Crippen molar-refractivity contribution in [3.63, 3.8) is 0 Å². The predicted octanol–water partition coefficient (Wildman–Crippen LogP) is 2.92. The highest BCUT2D eigenvalue weighted by molar-refractivity contribution is 5.71. The highest BCUT2D eigenvalue weighted by Crippen LogP contribution is 2.13. The normalized spacial score (nSPS) is 10.6. The van der Waals surface area contributed by atoms with Crippen molar-refractivity contribution in [2.45, 2.75) is 0 Å². The third-order valence-electron chi connectivity index (χ3n) is 2.40. The van der Waals surface area contributed by atoms with E-state index in [2.05, 4.69) is 0 Å². The third kappa shape index (κ3) is 2.82. The van der Waals surface area contributed by atoms with E-state index in [0.29, 0.717) is 5.56 Å². The van der Waals surface area contributed by atoms with Crippen molar-refractivity contribution in [2.75, 3.05) is 0 Å². The van der Waals surface area contributed by atoms with Crippen LogP contribution in [-0.4, -0.2) is 5.11 Å². The first-order valence-electron chi connectivity index (χ1n) is 5.33. The number of hydrogen-bond donors (Lipinski definition) is 1. The lowest BCUT2D eigenvalue weighted by atomic mass is 10.1. The lowest BCUT2D eigenvalue weighted by molar-refractivity contribution is 0.470. The Hall–Kier alpha value is -2.35. The molecule has 0 heterocycles. The Morgan fingerprint density at radius 1 is 0.824 bits per heavy atom. The fourth-order valence-corrected chi connectivity index (χ4v) is 1.49. The van der Waals surface area contributed by atoms with Crippen LogP contribution in [0.25, 0.3) is 12.2 Å². The Morgan fingerprint density at radius 2 is 1.47 bits per heavy atom. The van der Waals surface area contributed by atoms with Crippen LogP contribution in [0.15, 0.2) is 59.4 Å². The summed E-state index contributed by atoms with van der Waals surface area (Å²) in [6.45, 7) is 0. The van der Waals surface area contributed by atoms with E-state index in [4.69, 9.17) is 0 Å². The van der Waals surface area contributed by atoms with Crippen molar-refractivity contribution in [2.24, 2.45) is 0 Å². The number of benzene rings is 1. The lowest BCUT2D eigenvalue weighted by Crippen LogP contribution is -1.93. The maximum absolute atomic E-state index is 11.4. The number of aromatic hydroxyl groups is 1. The standard InChI is InChI=1S/C15H12O2/c16-14-9-5-4-8-13(15(14)17)11-10-12-6-2-1-3-7-12/h1-11H,(H,16,17). The van der Waals surface area contributed by atoms with Gasteiger partial charge in [0, 0.05) is 5.56 Å². The van der Waals surface area contributed by atoms with Gasteiger partial charge in [-0.25, -0.2) is 0 Å². The zero-order chi connectivity index (χ0) is 12.1. The fraction of sp³-hybridized carbons (Fsp3) is 0. The summed E-state index contributed by atoms with van der Waals surface area (Å²) in [5, 5.41) is 9.67. The highest BCUT2D eigenvalue weighted by Gasteiger charge is 1.98. The van der Waals surface area contributed by atoms with Gasteiger partial charge in [-0.1, -0.05) is 60.7 Å². The zero-order valence-corrected chi connectivity index (χ0v) is 9.21. The molecule has 0 spiro atoms. The van der Waals surface area contributed by atoms with Crippen molar-refractivity contribution in [1.29, 1.82) is 0 Å². The Morgan fingerprint density at radius 3 is 2.24 bits per heavy atom. The van der Waals surface area contributed by atoms with Gasteiger partial charge in [-0.2, -0.15) is 0 Å². The molecule has 2 aromatic carbocycles. The molecule has 0 saturated heterocycles. The molecule has 0 aliphatic carbocycles. The molecule has 17 heavy (non-hydrogen) atoms. The maximum Gasteiger partial charge on any atom is 0.220 e. The largest absolute Gasteiger partial charge is 0.504 e. The molecule has 2 heteroatoms. The maximum atomic E-state index is 11.4. The first-order chi connectivity index (χ1) is 8.27. The van der Waals surface area contributed by atoms with Crippen LogP contribution in [0.4, 0.5) is 0 Å². The van der Waals surface area contributed by atoms with E-state index in [0.717, 1.165) is 5.56 Å². The van der Waals surface area contributed by atoms with E-state index in [9.17, 15) is 9.90 Å². The Balaban J connectivity index is 2.38. The van der Waals surface area contributed by atoms with Crippen LogP contribution in [0, 0.1) is 0 Å². The van der Waals surface area contributed by atoms with Gasteiger partial charge in [0.25, 0.3) is 0 Å². The van der Waals surface area contributed by atoms with E-state index >= 15 is 0 Å². The quantitative estimate of drug-likeness (QED) is 0.851. The molecule has 0 radical (unpaired) electrons. The topological polar surface area (TPSA) is 37.3 Å². The van der Waals surface area contributed by atoms with Gasteiger partial charge < -0.3 is 5.11 Å². The van der Waals surface area contributed by atoms with Crippen molar-refractivity contribution in [3.8, 4) is 5.75 Å². The molecule has 1 N–H and O–H groups in total. The molecule has 0 atom stereocenters. The molecule has 0 aliphatic heterocycles. The Kier molecular flexibility index (Phi) is 3.36. The van der Waals surface area contributed by atoms with Crippen molar-refractivity contribution in [1.82, 2.24) is 0 Å². The molecule has 0 aromatic heterocycles. The molecule has 0 fully saturated rings. The Labute approximate surface area is 99.5 Å². The molecule has 0 bridgehead atoms. The van der Waals surface area contributed by atoms with Crippen LogP contribution in [0.2, 0.25) is 0 Å². The molecule has 2 rings (SSSR count). The second-order valence-electron chi connectivity index (χ2n) is 3.63. The smallest absolute Gasteiger partial charge is 0.220 e. The van der Waals surface area contributed by atoms with Crippen LogP contribution in [-0.2, 0) is 0 Å². The molecule has 84 valence electrons. The predicted molar refractivity (Wildman–Crippen MR) is 69.7 cm³/mol. The summed E-state index contributed by atoms with van der Waals surface area (Å²) in [6, 6.07) is 16.1. The van der Waals surface area contributed by atoms with Gasteiger partial charge in [0.1, 0.15) is 0 Å². The van der Waals surface area contributed by atoms with Crippen LogP contribution in [0.3, 0.4) is 0 Å². The number of rotatable bonds is 2. The Bertz CT molecular complexity index is 586. The summed E-state index contributed by atoms with van der Waals surface area (Å²) in [7, 11) is 0. The van der Waals surface area contributed by atoms with Crippen LogP contribution in [0.1, 0.15) is 11.1 Å². The monoisotopic (exact) mass is 224 g/mol. The van der Waals surface area contributed by atoms with Crippen LogP contribution < -0.4 is 5.43 Å². The summed E-state index contributed by atoms with van der Waals surface area (Å²) >= 11 is 0. The number of hydrogen-bond acceptors (Lipinski definition) is 2. The van der Waals surface area contributed by atoms with Crippen molar-refractivity contribution in [3.05, 3.63) is 75.9 Å². The van der Waals surface area contributed by atoms with Crippen molar-refractivity contribution < 1.29 is 5.11 Å². The van der Waals surface area contributed by atoms with E-state index in [1.54, 1.807) is 24.3 Å². The summed E-state index contributed by atoms with van der Waals surface area (Å²) in [4.78, 5) is 11.4. The van der Waals surface area contributed by atoms with Gasteiger partial charge in [0.05, 0.1) is 0 Å². The molecule has 0 aliphatic rings. The average molecular weight is 224 g/mol. The second-order valence-corrected chi connectivity index (χ2v) is 3.63. The van der Waals surface area contributed by atoms with Gasteiger partial charge in [-0.15, -0.1) is 0 Å². The van der Waals surface area contributed by atoms with E-state index < -0.39 is 0 Å². The van der Waals surface area contributed by atoms with Gasteiger partial charge in [0.2, 0.25) is 5.43 Å². The van der Waals surface area contributed by atoms with Crippen LogP contribution in [0.5, 0.6) is 5.75 Å². The molecule has 2 nitrogen and oxygen atoms in total. The fourth-order valence-electron chi connectivity index (χ4n) is 1.49. The van der Waals surface area contributed by atoms with Gasteiger partial charge in [0.15, 0.2) is 5.75 Å². The lowest BCUT2D eigenvalue weighted by Gasteiger charge is -1.93. The summed E-state index contributed by atoms with van der Waals surface area (Å²) in [5.74, 6) is -0.220. The minimum atomic E-state index is -0.372. The van der Waals surface area contributed by atoms with Crippen molar-refractivity contribution >= 4 is 12.2 Å². The molecule has 0 saturated carbocycles. The van der Waals surface area contributed by atoms with E-state index in [1.165, 1.54) is 6.07 Å². The van der Waals surface area contributed by atoms with Gasteiger partial charge >= 0.3 is 0 Å². The first-order valence-corrected chi connectivity index (χ1v) is 5.33. The minimum Gasteiger partial charge on any atom is -0.504 e. The summed E-state index contributed by atoms with van der Waals surface area (Å²) in [6.07, 6.45) is 3.58. The van der Waals surface area contributed by atoms with E-state index in [1.807, 2.05) is 36.4 Å². The third-order valence-corrected chi connectivity index (χ3v) is 2.40. The minimum absolute atomic E-state index is 0.220. The molecule has 2 aromatic rings. The highest BCUT2D eigenvalue weighted by atomic mass is 16.3. The van der Waals surface area contributed by atoms with Crippen LogP contribution >= 0.6 is 0 Å². The van der Waals surface area contributed by atoms with Gasteiger partial charge in [-0.05, 0) is 11.6 Å². The average Bonchev–Trinajstić information content (AvgIpc) is 2.52. The first kappa shape index (κ1) is 11.1. The molecular formula is C15H12O2. The SMILES string of the molecule is O=c1ccccc(C=Cc2ccccc2)c1O. The zero-order valence-electron chi connectivity index (χ0n) is 9.21. The molecule has 0 amide bonds.